The summed E-state index contributed by atoms with van der Waals surface area (Å²) in [6.07, 6.45) is 2.70. The Morgan fingerprint density at radius 2 is 1.79 bits per heavy atom. The van der Waals surface area contributed by atoms with E-state index in [-0.39, 0.29) is 11.5 Å². The maximum Gasteiger partial charge on any atom is 0.277 e. The summed E-state index contributed by atoms with van der Waals surface area (Å²) in [6, 6.07) is 0. The highest BCUT2D eigenvalue weighted by Gasteiger charge is 2.20. The Morgan fingerprint density at radius 1 is 1.21 bits per heavy atom. The van der Waals surface area contributed by atoms with E-state index in [1.54, 1.807) is 11.8 Å². The zero-order chi connectivity index (χ0) is 13.8. The summed E-state index contributed by atoms with van der Waals surface area (Å²) in [6.45, 7) is 4.14. The number of nitrogens with zero attached hydrogens (tertiary/aromatic N) is 4. The minimum Gasteiger partial charge on any atom is -0.339 e. The molecule has 2 N–H and O–H groups in total. The molecule has 2 rings (SSSR count). The molecule has 19 heavy (non-hydrogen) atoms. The first-order valence-electron chi connectivity index (χ1n) is 5.88. The van der Waals surface area contributed by atoms with Crippen LogP contribution in [0, 0.1) is 0 Å². The number of nitrogens with one attached hydrogen (secondary N) is 1. The minimum atomic E-state index is -0.645. The molecule has 8 heteroatoms. The first-order valence-corrected chi connectivity index (χ1v) is 5.88. The summed E-state index contributed by atoms with van der Waals surface area (Å²) in [4.78, 5) is 34.2. The number of hydroxylamine groups is 1. The normalized spacial score (nSPS) is 15.3. The van der Waals surface area contributed by atoms with Crippen molar-refractivity contribution in [3.05, 3.63) is 18.0 Å². The Kier molecular flexibility index (Phi) is 3.91. The Bertz CT molecular complexity index is 468. The number of hydrogen-bond donors (Lipinski definition) is 2. The molecule has 0 spiro atoms. The van der Waals surface area contributed by atoms with Gasteiger partial charge in [0.25, 0.3) is 5.91 Å². The highest BCUT2D eigenvalue weighted by atomic mass is 16.5. The second kappa shape index (κ2) is 5.61. The van der Waals surface area contributed by atoms with Crippen LogP contribution in [0.3, 0.4) is 0 Å². The van der Waals surface area contributed by atoms with E-state index < -0.39 is 5.91 Å². The molecular weight excluding hydrogens is 250 g/mol. The third kappa shape index (κ3) is 2.97. The van der Waals surface area contributed by atoms with Gasteiger partial charge in [-0.2, -0.15) is 0 Å². The van der Waals surface area contributed by atoms with Crippen molar-refractivity contribution in [3.63, 3.8) is 0 Å². The van der Waals surface area contributed by atoms with Crippen molar-refractivity contribution < 1.29 is 14.8 Å². The summed E-state index contributed by atoms with van der Waals surface area (Å²) >= 11 is 0. The molecule has 0 aromatic carbocycles. The fourth-order valence-corrected chi connectivity index (χ4v) is 1.89. The Hall–Kier alpha value is -2.22. The predicted octanol–water partition coefficient (Wildman–Crippen LogP) is -0.736. The number of carbonyl (C=O) groups excluding carboxylic acids is 2. The van der Waals surface area contributed by atoms with Crippen molar-refractivity contribution >= 4 is 17.8 Å². The molecule has 8 nitrogen and oxygen atoms in total. The molecule has 102 valence electrons. The number of amides is 2. The lowest BCUT2D eigenvalue weighted by molar-refractivity contribution is -0.129. The molecule has 1 saturated heterocycles. The summed E-state index contributed by atoms with van der Waals surface area (Å²) in [7, 11) is 0. The molecule has 0 saturated carbocycles. The van der Waals surface area contributed by atoms with Gasteiger partial charge in [-0.25, -0.2) is 15.4 Å². The predicted molar refractivity (Wildman–Crippen MR) is 65.8 cm³/mol. The van der Waals surface area contributed by atoms with Crippen LogP contribution in [0.25, 0.3) is 0 Å². The van der Waals surface area contributed by atoms with Gasteiger partial charge in [0.15, 0.2) is 0 Å². The molecule has 0 atom stereocenters. The monoisotopic (exact) mass is 265 g/mol. The van der Waals surface area contributed by atoms with Gasteiger partial charge >= 0.3 is 0 Å². The Balaban J connectivity index is 2.00. The van der Waals surface area contributed by atoms with E-state index in [9.17, 15) is 9.59 Å². The van der Waals surface area contributed by atoms with E-state index in [1.807, 2.05) is 4.90 Å². The standard InChI is InChI=1S/C11H15N5O3/c1-8(17)15-2-4-16(5-3-15)11-12-6-9(7-13-11)10(18)14-19/h6-7,19H,2-5H2,1H3,(H,14,18). The second-order valence-electron chi connectivity index (χ2n) is 4.21. The fraction of sp³-hybridized carbons (Fsp3) is 0.455. The topological polar surface area (TPSA) is 98.7 Å². The summed E-state index contributed by atoms with van der Waals surface area (Å²) in [5.74, 6) is -0.0684. The van der Waals surface area contributed by atoms with Gasteiger partial charge < -0.3 is 9.80 Å². The average Bonchev–Trinajstić information content (AvgIpc) is 2.46. The summed E-state index contributed by atoms with van der Waals surface area (Å²) < 4.78 is 0. The Labute approximate surface area is 110 Å². The quantitative estimate of drug-likeness (QED) is 0.540. The van der Waals surface area contributed by atoms with Crippen LogP contribution in [0.2, 0.25) is 0 Å². The number of rotatable bonds is 2. The SMILES string of the molecule is CC(=O)N1CCN(c2ncc(C(=O)NO)cn2)CC1. The molecule has 0 unspecified atom stereocenters. The number of carbonyl (C=O) groups is 2. The summed E-state index contributed by atoms with van der Waals surface area (Å²) in [5.41, 5.74) is 1.71. The first kappa shape index (κ1) is 13.2. The Morgan fingerprint density at radius 3 is 2.26 bits per heavy atom. The highest BCUT2D eigenvalue weighted by Crippen LogP contribution is 2.10. The van der Waals surface area contributed by atoms with E-state index >= 15 is 0 Å². The van der Waals surface area contributed by atoms with Crippen LogP contribution in [0.5, 0.6) is 0 Å². The lowest BCUT2D eigenvalue weighted by Gasteiger charge is -2.34. The molecule has 1 aromatic heterocycles. The first-order chi connectivity index (χ1) is 9.11. The van der Waals surface area contributed by atoms with E-state index in [2.05, 4.69) is 9.97 Å². The molecule has 1 fully saturated rings. The number of anilines is 1. The molecule has 1 aliphatic heterocycles. The zero-order valence-electron chi connectivity index (χ0n) is 10.5. The van der Waals surface area contributed by atoms with Gasteiger partial charge in [-0.05, 0) is 0 Å². The molecule has 1 aromatic rings. The van der Waals surface area contributed by atoms with Crippen molar-refractivity contribution in [2.75, 3.05) is 31.1 Å². The van der Waals surface area contributed by atoms with Gasteiger partial charge in [-0.1, -0.05) is 0 Å². The number of piperazine rings is 1. The molecule has 2 amide bonds. The van der Waals surface area contributed by atoms with Gasteiger partial charge in [0.2, 0.25) is 11.9 Å². The molecular formula is C11H15N5O3. The van der Waals surface area contributed by atoms with Crippen molar-refractivity contribution in [3.8, 4) is 0 Å². The minimum absolute atomic E-state index is 0.0653. The molecule has 2 heterocycles. The lowest BCUT2D eigenvalue weighted by Crippen LogP contribution is -2.48. The third-order valence-electron chi connectivity index (χ3n) is 3.01. The van der Waals surface area contributed by atoms with Crippen molar-refractivity contribution in [2.45, 2.75) is 6.92 Å². The lowest BCUT2D eigenvalue weighted by atomic mass is 10.3. The van der Waals surface area contributed by atoms with E-state index in [0.717, 1.165) is 0 Å². The average molecular weight is 265 g/mol. The second-order valence-corrected chi connectivity index (χ2v) is 4.21. The van der Waals surface area contributed by atoms with Crippen LogP contribution in [0.15, 0.2) is 12.4 Å². The molecule has 1 aliphatic rings. The van der Waals surface area contributed by atoms with Crippen molar-refractivity contribution in [2.24, 2.45) is 0 Å². The third-order valence-corrected chi connectivity index (χ3v) is 3.01. The van der Waals surface area contributed by atoms with Crippen LogP contribution in [-0.2, 0) is 4.79 Å². The number of hydrogen-bond acceptors (Lipinski definition) is 6. The van der Waals surface area contributed by atoms with E-state index in [4.69, 9.17) is 5.21 Å². The maximum atomic E-state index is 11.2. The van der Waals surface area contributed by atoms with Gasteiger partial charge in [-0.3, -0.25) is 14.8 Å². The van der Waals surface area contributed by atoms with Gasteiger partial charge in [0.05, 0.1) is 5.56 Å². The molecule has 0 radical (unpaired) electrons. The van der Waals surface area contributed by atoms with Gasteiger partial charge in [0.1, 0.15) is 0 Å². The van der Waals surface area contributed by atoms with Crippen molar-refractivity contribution in [1.82, 2.24) is 20.3 Å². The number of aromatic nitrogens is 2. The van der Waals surface area contributed by atoms with E-state index in [1.165, 1.54) is 17.9 Å². The highest BCUT2D eigenvalue weighted by molar-refractivity contribution is 5.92. The van der Waals surface area contributed by atoms with Crippen LogP contribution >= 0.6 is 0 Å². The zero-order valence-corrected chi connectivity index (χ0v) is 10.5. The van der Waals surface area contributed by atoms with Crippen LogP contribution in [-0.4, -0.2) is 58.1 Å². The maximum absolute atomic E-state index is 11.2. The van der Waals surface area contributed by atoms with E-state index in [0.29, 0.717) is 32.1 Å². The van der Waals surface area contributed by atoms with Crippen LogP contribution in [0.1, 0.15) is 17.3 Å². The molecule has 0 bridgehead atoms. The largest absolute Gasteiger partial charge is 0.339 e. The van der Waals surface area contributed by atoms with Crippen LogP contribution in [0.4, 0.5) is 5.95 Å². The van der Waals surface area contributed by atoms with Crippen LogP contribution < -0.4 is 10.4 Å². The molecule has 0 aliphatic carbocycles. The fourth-order valence-electron chi connectivity index (χ4n) is 1.89. The van der Waals surface area contributed by atoms with Gasteiger partial charge in [-0.15, -0.1) is 0 Å². The smallest absolute Gasteiger partial charge is 0.277 e. The van der Waals surface area contributed by atoms with Gasteiger partial charge in [0, 0.05) is 45.5 Å². The van der Waals surface area contributed by atoms with Crippen molar-refractivity contribution in [1.29, 1.82) is 0 Å². The summed E-state index contributed by atoms with van der Waals surface area (Å²) in [5, 5.41) is 8.48.